The molecule has 0 saturated heterocycles. The highest BCUT2D eigenvalue weighted by Gasteiger charge is 2.26. The van der Waals surface area contributed by atoms with Gasteiger partial charge in [0.05, 0.1) is 12.5 Å². The molecule has 8 N–H and O–H groups in total. The van der Waals surface area contributed by atoms with E-state index in [1.807, 2.05) is 42.5 Å². The maximum atomic E-state index is 13.2. The molecule has 38 heavy (non-hydrogen) atoms. The minimum absolute atomic E-state index is 0.212. The van der Waals surface area contributed by atoms with Crippen molar-refractivity contribution in [2.75, 3.05) is 39.4 Å². The molecule has 0 fully saturated rings. The molecule has 2 aromatic carbocycles. The number of ether oxygens (including phenoxy) is 2. The number of amides is 3. The third kappa shape index (κ3) is 8.72. The van der Waals surface area contributed by atoms with Crippen LogP contribution in [-0.4, -0.2) is 74.1 Å². The molecule has 0 aromatic heterocycles. The van der Waals surface area contributed by atoms with Crippen molar-refractivity contribution in [1.82, 2.24) is 15.5 Å². The standard InChI is InChI=1S/C27H38N6O5/c28-10-12-33(13-11-29)25(34)17-21(30)26(35)32-22(8-6-19-4-2-1-3-5-19)27(36)31-18-20-7-9-23-24(16-20)38-15-14-37-23/h1-5,7,9,16,21-22H,6,8,10-15,17-18,28-30H2,(H,31,36)(H,32,35). The molecule has 2 unspecified atom stereocenters. The molecule has 0 spiro atoms. The van der Waals surface area contributed by atoms with E-state index in [0.717, 1.165) is 11.1 Å². The Labute approximate surface area is 223 Å². The summed E-state index contributed by atoms with van der Waals surface area (Å²) in [5, 5.41) is 5.63. The number of aryl methyl sites for hydroxylation is 1. The summed E-state index contributed by atoms with van der Waals surface area (Å²) in [6.45, 7) is 2.41. The molecule has 3 amide bonds. The third-order valence-electron chi connectivity index (χ3n) is 6.15. The van der Waals surface area contributed by atoms with Crippen LogP contribution in [0.15, 0.2) is 48.5 Å². The molecule has 0 bridgehead atoms. The molecule has 1 aliphatic heterocycles. The second-order valence-corrected chi connectivity index (χ2v) is 9.05. The van der Waals surface area contributed by atoms with Gasteiger partial charge in [0.15, 0.2) is 11.5 Å². The van der Waals surface area contributed by atoms with E-state index < -0.39 is 18.0 Å². The first-order valence-electron chi connectivity index (χ1n) is 12.8. The van der Waals surface area contributed by atoms with Crippen LogP contribution in [0.4, 0.5) is 0 Å². The smallest absolute Gasteiger partial charge is 0.242 e. The number of nitrogens with two attached hydrogens (primary N) is 3. The number of fused-ring (bicyclic) bond motifs is 1. The average molecular weight is 527 g/mol. The lowest BCUT2D eigenvalue weighted by molar-refractivity contribution is -0.135. The van der Waals surface area contributed by atoms with Gasteiger partial charge in [-0.15, -0.1) is 0 Å². The monoisotopic (exact) mass is 526 g/mol. The molecule has 0 radical (unpaired) electrons. The first-order valence-corrected chi connectivity index (χ1v) is 12.8. The normalized spacial score (nSPS) is 13.8. The number of nitrogens with zero attached hydrogens (tertiary/aromatic N) is 1. The van der Waals surface area contributed by atoms with E-state index in [2.05, 4.69) is 10.6 Å². The van der Waals surface area contributed by atoms with Crippen LogP contribution in [0, 0.1) is 0 Å². The molecule has 0 aliphatic carbocycles. The zero-order chi connectivity index (χ0) is 27.3. The van der Waals surface area contributed by atoms with Crippen LogP contribution in [0.3, 0.4) is 0 Å². The Morgan fingerprint density at radius 3 is 2.26 bits per heavy atom. The van der Waals surface area contributed by atoms with Crippen molar-refractivity contribution in [3.63, 3.8) is 0 Å². The fourth-order valence-electron chi connectivity index (χ4n) is 4.10. The fraction of sp³-hybridized carbons (Fsp3) is 0.444. The Morgan fingerprint density at radius 1 is 0.895 bits per heavy atom. The zero-order valence-corrected chi connectivity index (χ0v) is 21.6. The van der Waals surface area contributed by atoms with E-state index >= 15 is 0 Å². The quantitative estimate of drug-likeness (QED) is 0.222. The predicted octanol–water partition coefficient (Wildman–Crippen LogP) is -0.345. The molecular formula is C27H38N6O5. The summed E-state index contributed by atoms with van der Waals surface area (Å²) >= 11 is 0. The van der Waals surface area contributed by atoms with Crippen LogP contribution in [-0.2, 0) is 27.3 Å². The molecule has 2 atom stereocenters. The van der Waals surface area contributed by atoms with Crippen LogP contribution in [0.1, 0.15) is 24.0 Å². The van der Waals surface area contributed by atoms with E-state index in [0.29, 0.717) is 50.6 Å². The van der Waals surface area contributed by atoms with Crippen molar-refractivity contribution in [3.8, 4) is 11.5 Å². The number of carbonyl (C=O) groups is 3. The molecule has 11 nitrogen and oxygen atoms in total. The molecule has 206 valence electrons. The summed E-state index contributed by atoms with van der Waals surface area (Å²) in [5.74, 6) is 0.0552. The topological polar surface area (TPSA) is 175 Å². The summed E-state index contributed by atoms with van der Waals surface area (Å²) < 4.78 is 11.2. The van der Waals surface area contributed by atoms with Gasteiger partial charge in [0.25, 0.3) is 0 Å². The number of nitrogens with one attached hydrogen (secondary N) is 2. The fourth-order valence-corrected chi connectivity index (χ4v) is 4.10. The highest BCUT2D eigenvalue weighted by atomic mass is 16.6. The Bertz CT molecular complexity index is 1060. The van der Waals surface area contributed by atoms with Crippen LogP contribution in [0.25, 0.3) is 0 Å². The molecule has 1 aliphatic rings. The van der Waals surface area contributed by atoms with Crippen molar-refractivity contribution in [2.45, 2.75) is 37.9 Å². The maximum absolute atomic E-state index is 13.2. The van der Waals surface area contributed by atoms with Crippen LogP contribution >= 0.6 is 0 Å². The van der Waals surface area contributed by atoms with Crippen molar-refractivity contribution >= 4 is 17.7 Å². The molecule has 2 aromatic rings. The van der Waals surface area contributed by atoms with Crippen molar-refractivity contribution in [1.29, 1.82) is 0 Å². The lowest BCUT2D eigenvalue weighted by atomic mass is 10.0. The first-order chi connectivity index (χ1) is 18.4. The van der Waals surface area contributed by atoms with Crippen molar-refractivity contribution < 1.29 is 23.9 Å². The molecule has 11 heteroatoms. The molecule has 0 saturated carbocycles. The minimum Gasteiger partial charge on any atom is -0.486 e. The molecule has 3 rings (SSSR count). The van der Waals surface area contributed by atoms with E-state index in [4.69, 9.17) is 26.7 Å². The third-order valence-corrected chi connectivity index (χ3v) is 6.15. The lowest BCUT2D eigenvalue weighted by Gasteiger charge is -2.24. The summed E-state index contributed by atoms with van der Waals surface area (Å²) in [7, 11) is 0. The second kappa shape index (κ2) is 14.9. The highest BCUT2D eigenvalue weighted by molar-refractivity contribution is 5.92. The van der Waals surface area contributed by atoms with E-state index in [1.165, 1.54) is 4.90 Å². The number of carbonyl (C=O) groups excluding carboxylic acids is 3. The lowest BCUT2D eigenvalue weighted by Crippen LogP contribution is -2.53. The van der Waals surface area contributed by atoms with Gasteiger partial charge in [-0.3, -0.25) is 14.4 Å². The average Bonchev–Trinajstić information content (AvgIpc) is 2.94. The largest absolute Gasteiger partial charge is 0.486 e. The Balaban J connectivity index is 1.62. The van der Waals surface area contributed by atoms with Crippen LogP contribution < -0.4 is 37.3 Å². The van der Waals surface area contributed by atoms with Gasteiger partial charge >= 0.3 is 0 Å². The predicted molar refractivity (Wildman–Crippen MR) is 143 cm³/mol. The van der Waals surface area contributed by atoms with E-state index in [1.54, 1.807) is 6.07 Å². The van der Waals surface area contributed by atoms with Crippen molar-refractivity contribution in [2.24, 2.45) is 17.2 Å². The van der Waals surface area contributed by atoms with Crippen LogP contribution in [0.5, 0.6) is 11.5 Å². The number of hydrogen-bond donors (Lipinski definition) is 5. The summed E-state index contributed by atoms with van der Waals surface area (Å²) in [6.07, 6.45) is 0.712. The Kier molecular flexibility index (Phi) is 11.3. The summed E-state index contributed by atoms with van der Waals surface area (Å²) in [5.41, 5.74) is 19.1. The Hall–Kier alpha value is -3.67. The molecular weight excluding hydrogens is 488 g/mol. The van der Waals surface area contributed by atoms with Gasteiger partial charge in [0, 0.05) is 32.7 Å². The number of benzene rings is 2. The van der Waals surface area contributed by atoms with E-state index in [-0.39, 0.29) is 37.9 Å². The van der Waals surface area contributed by atoms with Gasteiger partial charge in [-0.1, -0.05) is 36.4 Å². The van der Waals surface area contributed by atoms with Gasteiger partial charge < -0.3 is 42.2 Å². The van der Waals surface area contributed by atoms with Gasteiger partial charge in [0.1, 0.15) is 19.3 Å². The van der Waals surface area contributed by atoms with Gasteiger partial charge in [-0.2, -0.15) is 0 Å². The van der Waals surface area contributed by atoms with Gasteiger partial charge in [0.2, 0.25) is 17.7 Å². The minimum atomic E-state index is -1.12. The van der Waals surface area contributed by atoms with Crippen molar-refractivity contribution in [3.05, 3.63) is 59.7 Å². The maximum Gasteiger partial charge on any atom is 0.242 e. The molecule has 1 heterocycles. The number of hydrogen-bond acceptors (Lipinski definition) is 8. The number of rotatable bonds is 14. The summed E-state index contributed by atoms with van der Waals surface area (Å²) in [4.78, 5) is 40.1. The van der Waals surface area contributed by atoms with Crippen LogP contribution in [0.2, 0.25) is 0 Å². The zero-order valence-electron chi connectivity index (χ0n) is 21.6. The van der Waals surface area contributed by atoms with E-state index in [9.17, 15) is 14.4 Å². The summed E-state index contributed by atoms with van der Waals surface area (Å²) in [6, 6.07) is 13.2. The highest BCUT2D eigenvalue weighted by Crippen LogP contribution is 2.30. The van der Waals surface area contributed by atoms with Gasteiger partial charge in [-0.05, 0) is 36.1 Å². The SMILES string of the molecule is NCCN(CCN)C(=O)CC(N)C(=O)NC(CCc1ccccc1)C(=O)NCc1ccc2c(c1)OCCO2. The van der Waals surface area contributed by atoms with Gasteiger partial charge in [-0.25, -0.2) is 0 Å². The Morgan fingerprint density at radius 2 is 1.58 bits per heavy atom. The first kappa shape index (κ1) is 28.9. The second-order valence-electron chi connectivity index (χ2n) is 9.05.